The molecule has 172 valence electrons. The molecule has 1 fully saturated rings. The number of benzene rings is 1. The summed E-state index contributed by atoms with van der Waals surface area (Å²) in [5.74, 6) is 3.50. The number of fused-ring (bicyclic) bond motifs is 1. The molecule has 8 heteroatoms. The van der Waals surface area contributed by atoms with Crippen molar-refractivity contribution >= 4 is 16.9 Å². The molecule has 0 atom stereocenters. The topological polar surface area (TPSA) is 100 Å². The Bertz CT molecular complexity index is 1190. The van der Waals surface area contributed by atoms with Crippen LogP contribution in [-0.4, -0.2) is 38.6 Å². The first-order chi connectivity index (χ1) is 16.1. The van der Waals surface area contributed by atoms with Crippen molar-refractivity contribution in [2.24, 2.45) is 5.92 Å². The van der Waals surface area contributed by atoms with E-state index in [0.29, 0.717) is 18.4 Å². The third kappa shape index (κ3) is 4.49. The van der Waals surface area contributed by atoms with Crippen LogP contribution in [0.25, 0.3) is 22.2 Å². The van der Waals surface area contributed by atoms with Crippen LogP contribution in [0.15, 0.2) is 47.1 Å². The molecule has 1 saturated carbocycles. The predicted octanol–water partition coefficient (Wildman–Crippen LogP) is 4.89. The van der Waals surface area contributed by atoms with Crippen LogP contribution >= 0.6 is 0 Å². The highest BCUT2D eigenvalue weighted by molar-refractivity contribution is 5.83. The first kappa shape index (κ1) is 21.6. The lowest BCUT2D eigenvalue weighted by Crippen LogP contribution is -2.32. The van der Waals surface area contributed by atoms with Gasteiger partial charge in [0.15, 0.2) is 12.6 Å². The van der Waals surface area contributed by atoms with Crippen LogP contribution in [0.4, 0.5) is 5.82 Å². The predicted molar refractivity (Wildman–Crippen MR) is 126 cm³/mol. The molecule has 0 bridgehead atoms. The average molecular weight is 448 g/mol. The van der Waals surface area contributed by atoms with Gasteiger partial charge in [-0.05, 0) is 75.3 Å². The fraction of sp³-hybridized carbons (Fsp3) is 0.400. The molecule has 0 saturated heterocycles. The Balaban J connectivity index is 1.26. The minimum atomic E-state index is -0.360. The molecule has 0 aliphatic heterocycles. The van der Waals surface area contributed by atoms with Gasteiger partial charge in [0.2, 0.25) is 0 Å². The number of pyridine rings is 1. The fourth-order valence-electron chi connectivity index (χ4n) is 4.91. The molecule has 0 unspecified atom stereocenters. The number of aromatic nitrogens is 4. The molecule has 1 aromatic carbocycles. The summed E-state index contributed by atoms with van der Waals surface area (Å²) in [7, 11) is 0. The minimum Gasteiger partial charge on any atom is -0.368 e. The maximum atomic E-state index is 9.28. The van der Waals surface area contributed by atoms with Gasteiger partial charge in [-0.1, -0.05) is 17.3 Å². The Morgan fingerprint density at radius 2 is 2.00 bits per heavy atom. The summed E-state index contributed by atoms with van der Waals surface area (Å²) in [6.07, 6.45) is 6.01. The summed E-state index contributed by atoms with van der Waals surface area (Å²) in [6, 6.07) is 12.0. The zero-order valence-corrected chi connectivity index (χ0v) is 19.0. The Kier molecular flexibility index (Phi) is 6.11. The van der Waals surface area contributed by atoms with Crippen LogP contribution in [0.2, 0.25) is 0 Å². The summed E-state index contributed by atoms with van der Waals surface area (Å²) in [4.78, 5) is 18.3. The second-order valence-electron chi connectivity index (χ2n) is 8.78. The van der Waals surface area contributed by atoms with E-state index in [2.05, 4.69) is 33.3 Å². The van der Waals surface area contributed by atoms with E-state index in [9.17, 15) is 5.11 Å². The van der Waals surface area contributed by atoms with E-state index in [4.69, 9.17) is 14.3 Å². The number of imidazole rings is 1. The standard InChI is InChI=1S/C25H29N5O3/c1-16-24(17(2)33-29-16)20-10-11-21-22(13-20)28-25(27-21)19-8-6-18(7-9-19)14-30(32-15-31)23-5-3-4-12-26-23/h3-5,10-13,18-19,31H,6-9,14-15H2,1-2H3,(H,27,28). The molecule has 3 aromatic heterocycles. The maximum absolute atomic E-state index is 9.28. The van der Waals surface area contributed by atoms with Gasteiger partial charge in [-0.15, -0.1) is 0 Å². The lowest BCUT2D eigenvalue weighted by Gasteiger charge is -2.31. The van der Waals surface area contributed by atoms with Gasteiger partial charge >= 0.3 is 0 Å². The average Bonchev–Trinajstić information content (AvgIpc) is 3.42. The molecule has 3 heterocycles. The van der Waals surface area contributed by atoms with Crippen LogP contribution in [-0.2, 0) is 4.84 Å². The third-order valence-corrected chi connectivity index (χ3v) is 6.60. The van der Waals surface area contributed by atoms with Crippen molar-refractivity contribution in [2.75, 3.05) is 18.4 Å². The van der Waals surface area contributed by atoms with Crippen molar-refractivity contribution in [3.05, 3.63) is 59.9 Å². The molecule has 4 aromatic rings. The van der Waals surface area contributed by atoms with E-state index >= 15 is 0 Å². The molecule has 0 radical (unpaired) electrons. The Labute approximate surface area is 192 Å². The van der Waals surface area contributed by atoms with Gasteiger partial charge in [0.05, 0.1) is 23.3 Å². The number of H-pyrrole nitrogens is 1. The number of anilines is 1. The van der Waals surface area contributed by atoms with Crippen LogP contribution in [0.5, 0.6) is 0 Å². The van der Waals surface area contributed by atoms with Gasteiger partial charge in [0, 0.05) is 17.7 Å². The summed E-state index contributed by atoms with van der Waals surface area (Å²) in [6.45, 7) is 4.26. The fourth-order valence-corrected chi connectivity index (χ4v) is 4.91. The summed E-state index contributed by atoms with van der Waals surface area (Å²) in [5, 5.41) is 15.1. The number of aliphatic hydroxyl groups excluding tert-OH is 1. The number of nitrogens with zero attached hydrogens (tertiary/aromatic N) is 4. The van der Waals surface area contributed by atoms with Crippen molar-refractivity contribution in [3.63, 3.8) is 0 Å². The molecule has 2 N–H and O–H groups in total. The summed E-state index contributed by atoms with van der Waals surface area (Å²) >= 11 is 0. The molecule has 1 aliphatic carbocycles. The van der Waals surface area contributed by atoms with Gasteiger partial charge in [-0.3, -0.25) is 0 Å². The van der Waals surface area contributed by atoms with Crippen LogP contribution < -0.4 is 5.06 Å². The van der Waals surface area contributed by atoms with E-state index in [1.54, 1.807) is 11.3 Å². The molecule has 8 nitrogen and oxygen atoms in total. The van der Waals surface area contributed by atoms with Gasteiger partial charge in [-0.2, -0.15) is 0 Å². The molecular formula is C25H29N5O3. The van der Waals surface area contributed by atoms with E-state index in [1.165, 1.54) is 0 Å². The number of aliphatic hydroxyl groups is 1. The summed E-state index contributed by atoms with van der Waals surface area (Å²) in [5.41, 5.74) is 5.05. The highest BCUT2D eigenvalue weighted by Gasteiger charge is 2.27. The Hall–Kier alpha value is -3.23. The number of aromatic amines is 1. The molecule has 0 spiro atoms. The van der Waals surface area contributed by atoms with Gasteiger partial charge in [0.25, 0.3) is 0 Å². The highest BCUT2D eigenvalue weighted by atomic mass is 16.7. The van der Waals surface area contributed by atoms with Crippen LogP contribution in [0.3, 0.4) is 0 Å². The summed E-state index contributed by atoms with van der Waals surface area (Å²) < 4.78 is 5.33. The number of rotatable bonds is 7. The van der Waals surface area contributed by atoms with E-state index < -0.39 is 0 Å². The monoisotopic (exact) mass is 447 g/mol. The van der Waals surface area contributed by atoms with Crippen LogP contribution in [0.1, 0.15) is 48.9 Å². The second kappa shape index (κ2) is 9.33. The van der Waals surface area contributed by atoms with E-state index in [0.717, 1.165) is 70.9 Å². The molecule has 33 heavy (non-hydrogen) atoms. The van der Waals surface area contributed by atoms with Gasteiger partial charge < -0.3 is 14.6 Å². The Morgan fingerprint density at radius 1 is 1.15 bits per heavy atom. The zero-order valence-electron chi connectivity index (χ0n) is 19.0. The number of hydrogen-bond donors (Lipinski definition) is 2. The van der Waals surface area contributed by atoms with Crippen molar-refractivity contribution in [3.8, 4) is 11.1 Å². The lowest BCUT2D eigenvalue weighted by atomic mass is 9.81. The van der Waals surface area contributed by atoms with E-state index in [1.807, 2.05) is 32.0 Å². The first-order valence-electron chi connectivity index (χ1n) is 11.5. The van der Waals surface area contributed by atoms with E-state index in [-0.39, 0.29) is 6.79 Å². The largest absolute Gasteiger partial charge is 0.368 e. The smallest absolute Gasteiger partial charge is 0.170 e. The van der Waals surface area contributed by atoms with Crippen molar-refractivity contribution in [1.82, 2.24) is 20.1 Å². The van der Waals surface area contributed by atoms with Crippen molar-refractivity contribution in [1.29, 1.82) is 0 Å². The first-order valence-corrected chi connectivity index (χ1v) is 11.5. The molecule has 5 rings (SSSR count). The highest BCUT2D eigenvalue weighted by Crippen LogP contribution is 2.37. The third-order valence-electron chi connectivity index (χ3n) is 6.60. The number of nitrogens with one attached hydrogen (secondary N) is 1. The number of hydrogen-bond acceptors (Lipinski definition) is 7. The number of aryl methyl sites for hydroxylation is 2. The SMILES string of the molecule is Cc1noc(C)c1-c1ccc2[nH]c(C3CCC(CN(OCO)c4ccccn4)CC3)nc2c1. The van der Waals surface area contributed by atoms with Crippen LogP contribution in [0, 0.1) is 19.8 Å². The normalized spacial score (nSPS) is 18.6. The maximum Gasteiger partial charge on any atom is 0.170 e. The molecule has 1 aliphatic rings. The number of hydroxylamine groups is 1. The quantitative estimate of drug-likeness (QED) is 0.307. The lowest BCUT2D eigenvalue weighted by molar-refractivity contribution is -0.0223. The minimum absolute atomic E-state index is 0.360. The Morgan fingerprint density at radius 3 is 2.70 bits per heavy atom. The van der Waals surface area contributed by atoms with Gasteiger partial charge in [-0.25, -0.2) is 19.9 Å². The molecule has 0 amide bonds. The second-order valence-corrected chi connectivity index (χ2v) is 8.78. The van der Waals surface area contributed by atoms with Crippen molar-refractivity contribution < 1.29 is 14.5 Å². The zero-order chi connectivity index (χ0) is 22.8. The van der Waals surface area contributed by atoms with Gasteiger partial charge in [0.1, 0.15) is 11.6 Å². The molecular weight excluding hydrogens is 418 g/mol. The van der Waals surface area contributed by atoms with Crippen molar-refractivity contribution in [2.45, 2.75) is 45.4 Å².